The summed E-state index contributed by atoms with van der Waals surface area (Å²) in [5, 5.41) is 10.7. The number of nitrogens with zero attached hydrogens (tertiary/aromatic N) is 2. The van der Waals surface area contributed by atoms with E-state index in [-0.39, 0.29) is 20.5 Å². The van der Waals surface area contributed by atoms with E-state index in [0.29, 0.717) is 5.56 Å². The fourth-order valence-corrected chi connectivity index (χ4v) is 3.46. The summed E-state index contributed by atoms with van der Waals surface area (Å²) in [5.74, 6) is -1.72. The van der Waals surface area contributed by atoms with Crippen LogP contribution in [0.4, 0.5) is 10.1 Å². The number of hydrogen-bond donors (Lipinski definition) is 0. The summed E-state index contributed by atoms with van der Waals surface area (Å²) in [6, 6.07) is 10.4. The first-order valence-electron chi connectivity index (χ1n) is 7.19. The van der Waals surface area contributed by atoms with Crippen molar-refractivity contribution in [2.24, 2.45) is 0 Å². The Hall–Kier alpha value is -2.91. The lowest BCUT2D eigenvalue weighted by atomic mass is 10.1. The average molecular weight is 388 g/mol. The van der Waals surface area contributed by atoms with E-state index in [1.54, 1.807) is 0 Å². The highest BCUT2D eigenvalue weighted by Gasteiger charge is 2.37. The second-order valence-electron chi connectivity index (χ2n) is 5.18. The molecule has 0 N–H and O–H groups in total. The molecule has 1 aliphatic heterocycles. The molecule has 1 heterocycles. The SMILES string of the molecule is O=C1/C(=C\c2ccc([N+](=O)[O-])cc2)SC(=S)N1C(=O)c1ccc(F)cc1. The average Bonchev–Trinajstić information content (AvgIpc) is 2.89. The Balaban J connectivity index is 1.85. The second-order valence-corrected chi connectivity index (χ2v) is 6.85. The van der Waals surface area contributed by atoms with Crippen LogP contribution in [0, 0.1) is 15.9 Å². The molecule has 0 aliphatic carbocycles. The number of halogens is 1. The van der Waals surface area contributed by atoms with Crippen molar-refractivity contribution in [3.63, 3.8) is 0 Å². The molecule has 0 radical (unpaired) electrons. The summed E-state index contributed by atoms with van der Waals surface area (Å²) in [4.78, 5) is 36.2. The zero-order valence-corrected chi connectivity index (χ0v) is 14.6. The number of thioether (sulfide) groups is 1. The molecule has 6 nitrogen and oxygen atoms in total. The third-order valence-corrected chi connectivity index (χ3v) is 4.79. The van der Waals surface area contributed by atoms with Crippen molar-refractivity contribution in [1.29, 1.82) is 0 Å². The summed E-state index contributed by atoms with van der Waals surface area (Å²) < 4.78 is 13.1. The number of hydrogen-bond acceptors (Lipinski definition) is 6. The summed E-state index contributed by atoms with van der Waals surface area (Å²) in [6.07, 6.45) is 1.50. The maximum absolute atomic E-state index is 13.0. The molecule has 0 bridgehead atoms. The number of nitro benzene ring substituents is 1. The molecule has 1 saturated heterocycles. The number of nitro groups is 1. The van der Waals surface area contributed by atoms with E-state index in [1.165, 1.54) is 42.5 Å². The van der Waals surface area contributed by atoms with Gasteiger partial charge in [-0.25, -0.2) is 9.29 Å². The van der Waals surface area contributed by atoms with Gasteiger partial charge in [0.15, 0.2) is 4.32 Å². The molecule has 1 aliphatic rings. The lowest BCUT2D eigenvalue weighted by molar-refractivity contribution is -0.384. The van der Waals surface area contributed by atoms with Crippen molar-refractivity contribution in [1.82, 2.24) is 4.90 Å². The molecule has 0 aromatic heterocycles. The highest BCUT2D eigenvalue weighted by atomic mass is 32.2. The molecule has 0 atom stereocenters. The van der Waals surface area contributed by atoms with Crippen molar-refractivity contribution in [2.45, 2.75) is 0 Å². The van der Waals surface area contributed by atoms with Crippen LogP contribution in [-0.2, 0) is 4.79 Å². The van der Waals surface area contributed by atoms with Gasteiger partial charge >= 0.3 is 0 Å². The van der Waals surface area contributed by atoms with Gasteiger partial charge in [0, 0.05) is 17.7 Å². The van der Waals surface area contributed by atoms with Gasteiger partial charge in [-0.2, -0.15) is 0 Å². The van der Waals surface area contributed by atoms with Gasteiger partial charge in [0.05, 0.1) is 9.83 Å². The largest absolute Gasteiger partial charge is 0.273 e. The molecule has 0 unspecified atom stereocenters. The maximum Gasteiger partial charge on any atom is 0.273 e. The lowest BCUT2D eigenvalue weighted by Gasteiger charge is -2.12. The Morgan fingerprint density at radius 2 is 1.77 bits per heavy atom. The normalized spacial score (nSPS) is 15.6. The number of amides is 2. The van der Waals surface area contributed by atoms with Crippen molar-refractivity contribution < 1.29 is 18.9 Å². The zero-order chi connectivity index (χ0) is 18.8. The number of carbonyl (C=O) groups is 2. The van der Waals surface area contributed by atoms with E-state index >= 15 is 0 Å². The minimum absolute atomic E-state index is 0.0671. The predicted octanol–water partition coefficient (Wildman–Crippen LogP) is 3.78. The van der Waals surface area contributed by atoms with E-state index < -0.39 is 22.6 Å². The molecular formula is C17H9FN2O4S2. The Morgan fingerprint density at radius 1 is 1.15 bits per heavy atom. The van der Waals surface area contributed by atoms with Gasteiger partial charge in [-0.05, 0) is 48.0 Å². The summed E-state index contributed by atoms with van der Waals surface area (Å²) in [6.45, 7) is 0. The smallest absolute Gasteiger partial charge is 0.268 e. The molecule has 130 valence electrons. The van der Waals surface area contributed by atoms with Crippen LogP contribution in [0.1, 0.15) is 15.9 Å². The monoisotopic (exact) mass is 388 g/mol. The molecule has 2 aromatic carbocycles. The van der Waals surface area contributed by atoms with Gasteiger partial charge in [0.1, 0.15) is 5.82 Å². The summed E-state index contributed by atoms with van der Waals surface area (Å²) in [7, 11) is 0. The Morgan fingerprint density at radius 3 is 2.35 bits per heavy atom. The topological polar surface area (TPSA) is 80.5 Å². The van der Waals surface area contributed by atoms with Crippen molar-refractivity contribution >= 4 is 51.9 Å². The van der Waals surface area contributed by atoms with Gasteiger partial charge in [-0.1, -0.05) is 24.0 Å². The van der Waals surface area contributed by atoms with Crippen molar-refractivity contribution in [3.05, 3.63) is 80.5 Å². The summed E-state index contributed by atoms with van der Waals surface area (Å²) >= 11 is 6.06. The van der Waals surface area contributed by atoms with Gasteiger partial charge in [-0.15, -0.1) is 0 Å². The van der Waals surface area contributed by atoms with Crippen molar-refractivity contribution in [2.75, 3.05) is 0 Å². The minimum Gasteiger partial charge on any atom is -0.268 e. The van der Waals surface area contributed by atoms with Crippen LogP contribution in [0.25, 0.3) is 6.08 Å². The predicted molar refractivity (Wildman–Crippen MR) is 98.8 cm³/mol. The van der Waals surface area contributed by atoms with Crippen LogP contribution in [0.2, 0.25) is 0 Å². The quantitative estimate of drug-likeness (QED) is 0.262. The number of thiocarbonyl (C=S) groups is 1. The van der Waals surface area contributed by atoms with E-state index in [2.05, 4.69) is 0 Å². The zero-order valence-electron chi connectivity index (χ0n) is 12.9. The number of benzene rings is 2. The molecular weight excluding hydrogens is 379 g/mol. The molecule has 2 aromatic rings. The first-order chi connectivity index (χ1) is 12.4. The van der Waals surface area contributed by atoms with E-state index in [9.17, 15) is 24.1 Å². The van der Waals surface area contributed by atoms with Crippen LogP contribution >= 0.6 is 24.0 Å². The maximum atomic E-state index is 13.0. The van der Waals surface area contributed by atoms with Crippen molar-refractivity contribution in [3.8, 4) is 0 Å². The first kappa shape index (κ1) is 17.9. The van der Waals surface area contributed by atoms with Gasteiger partial charge in [0.25, 0.3) is 17.5 Å². The van der Waals surface area contributed by atoms with Crippen LogP contribution in [0.15, 0.2) is 53.4 Å². The molecule has 1 fully saturated rings. The molecule has 0 saturated carbocycles. The molecule has 2 amide bonds. The van der Waals surface area contributed by atoms with Crippen LogP contribution in [-0.4, -0.2) is 26.0 Å². The van der Waals surface area contributed by atoms with Gasteiger partial charge < -0.3 is 0 Å². The number of carbonyl (C=O) groups excluding carboxylic acids is 2. The third kappa shape index (κ3) is 3.53. The van der Waals surface area contributed by atoms with E-state index in [4.69, 9.17) is 12.2 Å². The highest BCUT2D eigenvalue weighted by Crippen LogP contribution is 2.33. The van der Waals surface area contributed by atoms with Crippen LogP contribution < -0.4 is 0 Å². The fraction of sp³-hybridized carbons (Fsp3) is 0. The third-order valence-electron chi connectivity index (χ3n) is 3.49. The number of imide groups is 1. The Bertz CT molecular complexity index is 956. The molecule has 26 heavy (non-hydrogen) atoms. The molecule has 3 rings (SSSR count). The number of non-ortho nitro benzene ring substituents is 1. The first-order valence-corrected chi connectivity index (χ1v) is 8.41. The van der Waals surface area contributed by atoms with E-state index in [0.717, 1.165) is 28.8 Å². The molecule has 9 heteroatoms. The summed E-state index contributed by atoms with van der Waals surface area (Å²) in [5.41, 5.74) is 0.630. The standard InChI is InChI=1S/C17H9FN2O4S2/c18-12-5-3-11(4-6-12)15(21)19-16(22)14(26-17(19)25)9-10-1-7-13(8-2-10)20(23)24/h1-9H/b14-9+. The van der Waals surface area contributed by atoms with Crippen LogP contribution in [0.3, 0.4) is 0 Å². The molecule has 0 spiro atoms. The minimum atomic E-state index is -0.639. The van der Waals surface area contributed by atoms with E-state index in [1.807, 2.05) is 0 Å². The Labute approximate surface area is 156 Å². The highest BCUT2D eigenvalue weighted by molar-refractivity contribution is 8.26. The second kappa shape index (κ2) is 7.14. The van der Waals surface area contributed by atoms with Crippen LogP contribution in [0.5, 0.6) is 0 Å². The van der Waals surface area contributed by atoms with Gasteiger partial charge in [0.2, 0.25) is 0 Å². The number of rotatable bonds is 3. The fourth-order valence-electron chi connectivity index (χ4n) is 2.21. The lowest BCUT2D eigenvalue weighted by Crippen LogP contribution is -2.34. The Kier molecular flexibility index (Phi) is 4.92. The van der Waals surface area contributed by atoms with Gasteiger partial charge in [-0.3, -0.25) is 19.7 Å².